The van der Waals surface area contributed by atoms with Gasteiger partial charge in [0.15, 0.2) is 0 Å². The van der Waals surface area contributed by atoms with E-state index in [1.807, 2.05) is 0 Å². The molecule has 6 heteroatoms. The summed E-state index contributed by atoms with van der Waals surface area (Å²) in [5, 5.41) is 2.83. The monoisotopic (exact) mass is 248 g/mol. The topological polar surface area (TPSA) is 73.5 Å². The Balaban J connectivity index is 2.28. The summed E-state index contributed by atoms with van der Waals surface area (Å²) in [6, 6.07) is 8.21. The van der Waals surface area contributed by atoms with Gasteiger partial charge in [0.1, 0.15) is 5.75 Å². The minimum Gasteiger partial charge on any atom is -0.497 e. The summed E-state index contributed by atoms with van der Waals surface area (Å²) < 4.78 is 10.8. The standard InChI is InChI=1S/C12H12N2O4/c1-14-11(15)7-10(18-12(14)16)13-8-3-5-9(17-2)6-4-8/h3-7,13H,1-2H3. The molecule has 0 spiro atoms. The number of nitrogens with zero attached hydrogens (tertiary/aromatic N) is 1. The Morgan fingerprint density at radius 1 is 1.22 bits per heavy atom. The molecule has 6 nitrogen and oxygen atoms in total. The van der Waals surface area contributed by atoms with Gasteiger partial charge < -0.3 is 14.5 Å². The zero-order chi connectivity index (χ0) is 13.1. The molecule has 0 aliphatic rings. The van der Waals surface area contributed by atoms with Gasteiger partial charge in [-0.25, -0.2) is 9.36 Å². The summed E-state index contributed by atoms with van der Waals surface area (Å²) in [5.41, 5.74) is 0.259. The van der Waals surface area contributed by atoms with Crippen LogP contribution in [0.2, 0.25) is 0 Å². The Morgan fingerprint density at radius 2 is 1.89 bits per heavy atom. The van der Waals surface area contributed by atoms with Crippen LogP contribution in [-0.4, -0.2) is 11.7 Å². The molecule has 1 heterocycles. The third-order valence-electron chi connectivity index (χ3n) is 2.41. The van der Waals surface area contributed by atoms with Crippen molar-refractivity contribution in [3.63, 3.8) is 0 Å². The number of methoxy groups -OCH3 is 1. The van der Waals surface area contributed by atoms with Crippen molar-refractivity contribution >= 4 is 11.6 Å². The smallest absolute Gasteiger partial charge is 0.423 e. The van der Waals surface area contributed by atoms with Gasteiger partial charge in [0.05, 0.1) is 13.2 Å². The Hall–Kier alpha value is -2.50. The average Bonchev–Trinajstić information content (AvgIpc) is 2.37. The van der Waals surface area contributed by atoms with Crippen molar-refractivity contribution in [2.75, 3.05) is 12.4 Å². The minimum atomic E-state index is -0.710. The summed E-state index contributed by atoms with van der Waals surface area (Å²) in [7, 11) is 2.92. The van der Waals surface area contributed by atoms with E-state index in [9.17, 15) is 9.59 Å². The van der Waals surface area contributed by atoms with E-state index in [2.05, 4.69) is 5.32 Å². The SMILES string of the molecule is COc1ccc(Nc2cc(=O)n(C)c(=O)o2)cc1. The van der Waals surface area contributed by atoms with Gasteiger partial charge in [-0.2, -0.15) is 0 Å². The molecule has 0 saturated carbocycles. The van der Waals surface area contributed by atoms with Crippen molar-refractivity contribution in [3.05, 3.63) is 51.2 Å². The number of anilines is 2. The first-order valence-corrected chi connectivity index (χ1v) is 5.22. The van der Waals surface area contributed by atoms with Crippen molar-refractivity contribution in [1.29, 1.82) is 0 Å². The number of hydrogen-bond donors (Lipinski definition) is 1. The maximum atomic E-state index is 11.4. The predicted octanol–water partition coefficient (Wildman–Crippen LogP) is 1.09. The quantitative estimate of drug-likeness (QED) is 0.880. The summed E-state index contributed by atoms with van der Waals surface area (Å²) in [5.74, 6) is 0.109. The number of benzene rings is 1. The van der Waals surface area contributed by atoms with Crippen LogP contribution in [0.4, 0.5) is 11.6 Å². The van der Waals surface area contributed by atoms with Gasteiger partial charge in [-0.1, -0.05) is 0 Å². The van der Waals surface area contributed by atoms with Gasteiger partial charge in [0.2, 0.25) is 5.88 Å². The molecule has 0 atom stereocenters. The van der Waals surface area contributed by atoms with Crippen LogP contribution < -0.4 is 21.4 Å². The van der Waals surface area contributed by atoms with Crippen molar-refractivity contribution in [2.24, 2.45) is 7.05 Å². The van der Waals surface area contributed by atoms with E-state index in [1.54, 1.807) is 31.4 Å². The summed E-state index contributed by atoms with van der Waals surface area (Å²) in [4.78, 5) is 22.7. The fourth-order valence-electron chi connectivity index (χ4n) is 1.37. The second kappa shape index (κ2) is 4.79. The predicted molar refractivity (Wildman–Crippen MR) is 66.5 cm³/mol. The van der Waals surface area contributed by atoms with Gasteiger partial charge in [-0.15, -0.1) is 0 Å². The van der Waals surface area contributed by atoms with Crippen LogP contribution in [0.5, 0.6) is 5.75 Å². The van der Waals surface area contributed by atoms with Gasteiger partial charge in [0, 0.05) is 12.7 Å². The molecule has 1 N–H and O–H groups in total. The second-order valence-electron chi connectivity index (χ2n) is 3.63. The molecule has 2 aromatic rings. The normalized spacial score (nSPS) is 10.1. The molecule has 2 rings (SSSR count). The second-order valence-corrected chi connectivity index (χ2v) is 3.63. The molecular formula is C12H12N2O4. The zero-order valence-electron chi connectivity index (χ0n) is 9.97. The highest BCUT2D eigenvalue weighted by Gasteiger charge is 2.03. The molecule has 0 saturated heterocycles. The molecule has 0 aliphatic heterocycles. The Kier molecular flexibility index (Phi) is 3.18. The fourth-order valence-corrected chi connectivity index (χ4v) is 1.37. The lowest BCUT2D eigenvalue weighted by atomic mass is 10.3. The molecule has 0 radical (unpaired) electrons. The first kappa shape index (κ1) is 12.0. The van der Waals surface area contributed by atoms with Crippen LogP contribution in [0.1, 0.15) is 0 Å². The largest absolute Gasteiger partial charge is 0.497 e. The molecule has 0 bridgehead atoms. The summed E-state index contributed by atoms with van der Waals surface area (Å²) in [6.07, 6.45) is 0. The van der Waals surface area contributed by atoms with Crippen molar-refractivity contribution in [1.82, 2.24) is 4.57 Å². The van der Waals surface area contributed by atoms with E-state index < -0.39 is 11.3 Å². The Bertz CT molecular complexity index is 624. The highest BCUT2D eigenvalue weighted by Crippen LogP contribution is 2.18. The first-order chi connectivity index (χ1) is 8.60. The van der Waals surface area contributed by atoms with E-state index in [1.165, 1.54) is 13.1 Å². The lowest BCUT2D eigenvalue weighted by Gasteiger charge is -2.06. The van der Waals surface area contributed by atoms with Gasteiger partial charge in [-0.05, 0) is 24.3 Å². The van der Waals surface area contributed by atoms with Crippen LogP contribution in [0.15, 0.2) is 44.3 Å². The molecule has 0 fully saturated rings. The highest BCUT2D eigenvalue weighted by molar-refractivity contribution is 5.55. The summed E-state index contributed by atoms with van der Waals surface area (Å²) >= 11 is 0. The average molecular weight is 248 g/mol. The van der Waals surface area contributed by atoms with E-state index in [4.69, 9.17) is 9.15 Å². The highest BCUT2D eigenvalue weighted by atomic mass is 16.5. The molecule has 1 aromatic carbocycles. The Morgan fingerprint density at radius 3 is 2.44 bits per heavy atom. The van der Waals surface area contributed by atoms with Crippen LogP contribution in [0, 0.1) is 0 Å². The maximum Gasteiger partial charge on any atom is 0.423 e. The maximum absolute atomic E-state index is 11.4. The van der Waals surface area contributed by atoms with E-state index >= 15 is 0 Å². The molecule has 0 unspecified atom stereocenters. The van der Waals surface area contributed by atoms with Crippen molar-refractivity contribution < 1.29 is 9.15 Å². The Labute approximate surface area is 102 Å². The van der Waals surface area contributed by atoms with Gasteiger partial charge in [0.25, 0.3) is 5.56 Å². The van der Waals surface area contributed by atoms with Gasteiger partial charge in [-0.3, -0.25) is 4.79 Å². The number of hydrogen-bond acceptors (Lipinski definition) is 5. The van der Waals surface area contributed by atoms with Crippen LogP contribution in [-0.2, 0) is 7.05 Å². The molecule has 18 heavy (non-hydrogen) atoms. The first-order valence-electron chi connectivity index (χ1n) is 5.22. The molecule has 94 valence electrons. The number of nitrogens with one attached hydrogen (secondary N) is 1. The van der Waals surface area contributed by atoms with Gasteiger partial charge >= 0.3 is 5.76 Å². The van der Waals surface area contributed by atoms with Crippen molar-refractivity contribution in [3.8, 4) is 5.75 Å². The molecule has 0 aliphatic carbocycles. The molecule has 0 amide bonds. The molecule has 1 aromatic heterocycles. The lowest BCUT2D eigenvalue weighted by molar-refractivity contribution is 0.415. The van der Waals surface area contributed by atoms with Crippen molar-refractivity contribution in [2.45, 2.75) is 0 Å². The van der Waals surface area contributed by atoms with Crippen LogP contribution in [0.25, 0.3) is 0 Å². The van der Waals surface area contributed by atoms with Crippen LogP contribution in [0.3, 0.4) is 0 Å². The third kappa shape index (κ3) is 2.42. The number of rotatable bonds is 3. The minimum absolute atomic E-state index is 0.105. The summed E-state index contributed by atoms with van der Waals surface area (Å²) in [6.45, 7) is 0. The number of aromatic nitrogens is 1. The van der Waals surface area contributed by atoms with E-state index in [-0.39, 0.29) is 5.88 Å². The lowest BCUT2D eigenvalue weighted by Crippen LogP contribution is -2.29. The molecular weight excluding hydrogens is 236 g/mol. The van der Waals surface area contributed by atoms with Crippen LogP contribution >= 0.6 is 0 Å². The number of ether oxygens (including phenoxy) is 1. The zero-order valence-corrected chi connectivity index (χ0v) is 9.97. The van der Waals surface area contributed by atoms with E-state index in [0.717, 1.165) is 4.57 Å². The fraction of sp³-hybridized carbons (Fsp3) is 0.167. The third-order valence-corrected chi connectivity index (χ3v) is 2.41. The van der Waals surface area contributed by atoms with E-state index in [0.29, 0.717) is 11.4 Å².